The van der Waals surface area contributed by atoms with E-state index in [9.17, 15) is 0 Å². The van der Waals surface area contributed by atoms with Gasteiger partial charge in [-0.15, -0.1) is 0 Å². The van der Waals surface area contributed by atoms with E-state index in [2.05, 4.69) is 51.2 Å². The number of benzene rings is 1. The third-order valence-electron chi connectivity index (χ3n) is 3.12. The van der Waals surface area contributed by atoms with Crippen molar-refractivity contribution in [3.63, 3.8) is 0 Å². The Bertz CT molecular complexity index is 330. The lowest BCUT2D eigenvalue weighted by atomic mass is 10.1. The lowest BCUT2D eigenvalue weighted by Gasteiger charge is -2.19. The fourth-order valence-electron chi connectivity index (χ4n) is 1.95. The van der Waals surface area contributed by atoms with E-state index in [0.29, 0.717) is 6.04 Å². The largest absolute Gasteiger partial charge is 0.492 e. The molecule has 0 aliphatic rings. The predicted octanol–water partition coefficient (Wildman–Crippen LogP) is 3.46. The highest BCUT2D eigenvalue weighted by Gasteiger charge is 2.08. The van der Waals surface area contributed by atoms with Crippen molar-refractivity contribution < 1.29 is 4.74 Å². The van der Waals surface area contributed by atoms with Crippen molar-refractivity contribution in [3.05, 3.63) is 29.3 Å². The smallest absolute Gasteiger partial charge is 0.122 e. The first-order valence-corrected chi connectivity index (χ1v) is 6.61. The summed E-state index contributed by atoms with van der Waals surface area (Å²) in [6.07, 6.45) is 2.35. The van der Waals surface area contributed by atoms with Crippen LogP contribution in [0.2, 0.25) is 0 Å². The molecule has 0 radical (unpaired) electrons. The number of ether oxygens (including phenoxy) is 1. The minimum atomic E-state index is 0.463. The quantitative estimate of drug-likeness (QED) is 0.781. The maximum absolute atomic E-state index is 5.92. The van der Waals surface area contributed by atoms with E-state index in [1.165, 1.54) is 24.0 Å². The topological polar surface area (TPSA) is 21.3 Å². The minimum Gasteiger partial charge on any atom is -0.492 e. The number of hydrogen-bond donors (Lipinski definition) is 1. The van der Waals surface area contributed by atoms with Crippen LogP contribution in [0, 0.1) is 13.8 Å². The molecule has 1 aromatic rings. The molecule has 1 rings (SSSR count). The highest BCUT2D eigenvalue weighted by atomic mass is 16.5. The third kappa shape index (κ3) is 4.39. The molecule has 0 saturated carbocycles. The van der Waals surface area contributed by atoms with Gasteiger partial charge in [-0.3, -0.25) is 0 Å². The lowest BCUT2D eigenvalue weighted by Crippen LogP contribution is -2.34. The summed E-state index contributed by atoms with van der Waals surface area (Å²) in [5, 5.41) is 3.46. The molecule has 0 bridgehead atoms. The lowest BCUT2D eigenvalue weighted by molar-refractivity contribution is 0.256. The van der Waals surface area contributed by atoms with Crippen LogP contribution in [0.3, 0.4) is 0 Å². The minimum absolute atomic E-state index is 0.463. The molecule has 0 aromatic heterocycles. The van der Waals surface area contributed by atoms with Gasteiger partial charge in [0.25, 0.3) is 0 Å². The van der Waals surface area contributed by atoms with Crippen LogP contribution in [0.1, 0.15) is 37.8 Å². The van der Waals surface area contributed by atoms with E-state index in [-0.39, 0.29) is 0 Å². The summed E-state index contributed by atoms with van der Waals surface area (Å²) in [5.74, 6) is 1.02. The van der Waals surface area contributed by atoms with Crippen LogP contribution in [-0.4, -0.2) is 19.2 Å². The monoisotopic (exact) mass is 235 g/mol. The molecule has 1 atom stereocenters. The van der Waals surface area contributed by atoms with Gasteiger partial charge in [-0.25, -0.2) is 0 Å². The van der Waals surface area contributed by atoms with Gasteiger partial charge < -0.3 is 10.1 Å². The van der Waals surface area contributed by atoms with Crippen LogP contribution in [0.15, 0.2) is 18.2 Å². The van der Waals surface area contributed by atoms with Crippen LogP contribution in [0.5, 0.6) is 5.75 Å². The maximum atomic E-state index is 5.92. The first kappa shape index (κ1) is 14.0. The first-order chi connectivity index (χ1) is 8.19. The van der Waals surface area contributed by atoms with Crippen molar-refractivity contribution in [3.8, 4) is 5.75 Å². The van der Waals surface area contributed by atoms with E-state index in [1.807, 2.05) is 0 Å². The summed E-state index contributed by atoms with van der Waals surface area (Å²) in [6.45, 7) is 10.3. The summed E-state index contributed by atoms with van der Waals surface area (Å²) in [5.41, 5.74) is 2.54. The number of hydrogen-bond acceptors (Lipinski definition) is 2. The van der Waals surface area contributed by atoms with Crippen LogP contribution < -0.4 is 10.1 Å². The molecule has 2 nitrogen and oxygen atoms in total. The first-order valence-electron chi connectivity index (χ1n) is 6.61. The predicted molar refractivity (Wildman–Crippen MR) is 73.8 cm³/mol. The van der Waals surface area contributed by atoms with E-state index >= 15 is 0 Å². The zero-order chi connectivity index (χ0) is 12.7. The molecule has 2 heteroatoms. The summed E-state index contributed by atoms with van der Waals surface area (Å²) < 4.78 is 5.92. The van der Waals surface area contributed by atoms with Gasteiger partial charge in [-0.2, -0.15) is 0 Å². The molecular weight excluding hydrogens is 210 g/mol. The molecule has 0 saturated heterocycles. The second kappa shape index (κ2) is 7.33. The molecule has 17 heavy (non-hydrogen) atoms. The maximum Gasteiger partial charge on any atom is 0.122 e. The molecule has 0 spiro atoms. The average Bonchev–Trinajstić information content (AvgIpc) is 2.31. The Morgan fingerprint density at radius 3 is 2.65 bits per heavy atom. The Morgan fingerprint density at radius 1 is 1.24 bits per heavy atom. The number of rotatable bonds is 7. The van der Waals surface area contributed by atoms with Crippen molar-refractivity contribution in [2.24, 2.45) is 0 Å². The fourth-order valence-corrected chi connectivity index (χ4v) is 1.95. The van der Waals surface area contributed by atoms with Gasteiger partial charge in [0, 0.05) is 6.04 Å². The zero-order valence-electron chi connectivity index (χ0n) is 11.5. The summed E-state index contributed by atoms with van der Waals surface area (Å²) >= 11 is 0. The van der Waals surface area contributed by atoms with Gasteiger partial charge >= 0.3 is 0 Å². The Hall–Kier alpha value is -1.02. The fraction of sp³-hybridized carbons (Fsp3) is 0.600. The Kier molecular flexibility index (Phi) is 6.06. The molecule has 1 aromatic carbocycles. The summed E-state index contributed by atoms with van der Waals surface area (Å²) in [4.78, 5) is 0. The molecule has 0 heterocycles. The molecular formula is C15H25NO. The van der Waals surface area contributed by atoms with Crippen LogP contribution in [0.25, 0.3) is 0 Å². The van der Waals surface area contributed by atoms with E-state index in [1.54, 1.807) is 0 Å². The zero-order valence-corrected chi connectivity index (χ0v) is 11.5. The third-order valence-corrected chi connectivity index (χ3v) is 3.12. The Balaban J connectivity index is 2.55. The molecule has 1 unspecified atom stereocenters. The number of likely N-dealkylation sites (N-methyl/N-ethyl adjacent to an activating group) is 1. The van der Waals surface area contributed by atoms with Gasteiger partial charge in [-0.05, 0) is 44.0 Å². The van der Waals surface area contributed by atoms with Crippen molar-refractivity contribution >= 4 is 0 Å². The normalized spacial score (nSPS) is 12.5. The van der Waals surface area contributed by atoms with Crippen molar-refractivity contribution in [2.45, 2.75) is 46.6 Å². The second-order valence-corrected chi connectivity index (χ2v) is 4.55. The van der Waals surface area contributed by atoms with Gasteiger partial charge in [0.15, 0.2) is 0 Å². The van der Waals surface area contributed by atoms with E-state index in [0.717, 1.165) is 18.9 Å². The molecule has 0 aliphatic heterocycles. The Labute approximate surface area is 105 Å². The van der Waals surface area contributed by atoms with Gasteiger partial charge in [0.2, 0.25) is 0 Å². The molecule has 0 fully saturated rings. The van der Waals surface area contributed by atoms with Crippen molar-refractivity contribution in [1.29, 1.82) is 0 Å². The van der Waals surface area contributed by atoms with Crippen LogP contribution in [0.4, 0.5) is 0 Å². The highest BCUT2D eigenvalue weighted by Crippen LogP contribution is 2.20. The van der Waals surface area contributed by atoms with Gasteiger partial charge in [0.1, 0.15) is 12.4 Å². The molecule has 96 valence electrons. The SMILES string of the molecule is CCCC(COc1cccc(C)c1C)NCC. The van der Waals surface area contributed by atoms with Crippen molar-refractivity contribution in [2.75, 3.05) is 13.2 Å². The Morgan fingerprint density at radius 2 is 2.00 bits per heavy atom. The number of aryl methyl sites for hydroxylation is 1. The van der Waals surface area contributed by atoms with E-state index in [4.69, 9.17) is 4.74 Å². The van der Waals surface area contributed by atoms with Crippen LogP contribution in [-0.2, 0) is 0 Å². The molecule has 1 N–H and O–H groups in total. The van der Waals surface area contributed by atoms with Gasteiger partial charge in [0.05, 0.1) is 0 Å². The standard InChI is InChI=1S/C15H25NO/c1-5-8-14(16-6-2)11-17-15-10-7-9-12(3)13(15)4/h7,9-10,14,16H,5-6,8,11H2,1-4H3. The van der Waals surface area contributed by atoms with Crippen LogP contribution >= 0.6 is 0 Å². The molecule has 0 amide bonds. The summed E-state index contributed by atoms with van der Waals surface area (Å²) in [7, 11) is 0. The molecule has 0 aliphatic carbocycles. The highest BCUT2D eigenvalue weighted by molar-refractivity contribution is 5.38. The summed E-state index contributed by atoms with van der Waals surface area (Å²) in [6, 6.07) is 6.69. The number of nitrogens with one attached hydrogen (secondary N) is 1. The van der Waals surface area contributed by atoms with Gasteiger partial charge in [-0.1, -0.05) is 32.4 Å². The average molecular weight is 235 g/mol. The second-order valence-electron chi connectivity index (χ2n) is 4.55. The van der Waals surface area contributed by atoms with E-state index < -0.39 is 0 Å². The van der Waals surface area contributed by atoms with Crippen molar-refractivity contribution in [1.82, 2.24) is 5.32 Å².